The number of benzene rings is 2. The van der Waals surface area contributed by atoms with Gasteiger partial charge >= 0.3 is 0 Å². The molecule has 4 aromatic rings. The highest BCUT2D eigenvalue weighted by atomic mass is 16.3. The molecule has 0 spiro atoms. The zero-order chi connectivity index (χ0) is 23.4. The van der Waals surface area contributed by atoms with Gasteiger partial charge in [0.1, 0.15) is 11.6 Å². The molecule has 0 aliphatic heterocycles. The largest absolute Gasteiger partial charge is 0.508 e. The Morgan fingerprint density at radius 2 is 1.82 bits per heavy atom. The van der Waals surface area contributed by atoms with Gasteiger partial charge in [-0.15, -0.1) is 0 Å². The molecule has 2 N–H and O–H groups in total. The molecule has 0 aliphatic rings. The van der Waals surface area contributed by atoms with E-state index in [1.54, 1.807) is 17.6 Å². The Bertz CT molecular complexity index is 1320. The van der Waals surface area contributed by atoms with Crippen molar-refractivity contribution in [1.82, 2.24) is 19.4 Å². The van der Waals surface area contributed by atoms with Gasteiger partial charge in [-0.3, -0.25) is 9.59 Å². The zero-order valence-electron chi connectivity index (χ0n) is 18.9. The number of rotatable bonds is 8. The molecule has 1 atom stereocenters. The molecule has 4 rings (SSSR count). The molecule has 33 heavy (non-hydrogen) atoms. The van der Waals surface area contributed by atoms with Crippen molar-refractivity contribution in [2.45, 2.75) is 38.8 Å². The summed E-state index contributed by atoms with van der Waals surface area (Å²) in [7, 11) is 1.97. The van der Waals surface area contributed by atoms with E-state index in [-0.39, 0.29) is 29.7 Å². The molecule has 0 radical (unpaired) electrons. The van der Waals surface area contributed by atoms with Crippen molar-refractivity contribution in [1.29, 1.82) is 0 Å². The first-order valence-electron chi connectivity index (χ1n) is 11.1. The van der Waals surface area contributed by atoms with Crippen molar-refractivity contribution in [3.8, 4) is 5.75 Å². The predicted octanol–water partition coefficient (Wildman–Crippen LogP) is 3.63. The lowest BCUT2D eigenvalue weighted by molar-refractivity contribution is -0.122. The van der Waals surface area contributed by atoms with E-state index >= 15 is 0 Å². The van der Waals surface area contributed by atoms with Gasteiger partial charge in [0, 0.05) is 31.8 Å². The van der Waals surface area contributed by atoms with Gasteiger partial charge < -0.3 is 19.6 Å². The minimum absolute atomic E-state index is 0.0438. The van der Waals surface area contributed by atoms with Gasteiger partial charge in [-0.05, 0) is 43.5 Å². The second-order valence-electron chi connectivity index (χ2n) is 8.28. The van der Waals surface area contributed by atoms with Crippen LogP contribution in [0, 0.1) is 6.92 Å². The number of hydrogen-bond donors (Lipinski definition) is 2. The van der Waals surface area contributed by atoms with E-state index < -0.39 is 0 Å². The normalized spacial score (nSPS) is 12.1. The number of hydrogen-bond acceptors (Lipinski definition) is 4. The lowest BCUT2D eigenvalue weighted by atomic mass is 10.0. The first-order chi connectivity index (χ1) is 15.9. The van der Waals surface area contributed by atoms with E-state index in [0.717, 1.165) is 22.4 Å². The summed E-state index contributed by atoms with van der Waals surface area (Å²) in [4.78, 5) is 29.8. The number of pyridine rings is 1. The van der Waals surface area contributed by atoms with Crippen LogP contribution in [0.3, 0.4) is 0 Å². The van der Waals surface area contributed by atoms with Gasteiger partial charge in [-0.25, -0.2) is 4.98 Å². The number of carbonyl (C=O) groups excluding carboxylic acids is 1. The van der Waals surface area contributed by atoms with E-state index in [4.69, 9.17) is 4.98 Å². The fourth-order valence-electron chi connectivity index (χ4n) is 4.20. The van der Waals surface area contributed by atoms with Crippen LogP contribution in [0.15, 0.2) is 71.5 Å². The third kappa shape index (κ3) is 5.14. The van der Waals surface area contributed by atoms with Crippen molar-refractivity contribution in [3.05, 3.63) is 94.2 Å². The first kappa shape index (κ1) is 22.3. The lowest BCUT2D eigenvalue weighted by Crippen LogP contribution is -2.32. The summed E-state index contributed by atoms with van der Waals surface area (Å²) in [5.74, 6) is 0.671. The van der Waals surface area contributed by atoms with Gasteiger partial charge in [-0.2, -0.15) is 0 Å². The summed E-state index contributed by atoms with van der Waals surface area (Å²) in [5.41, 5.74) is 3.42. The lowest BCUT2D eigenvalue weighted by Gasteiger charge is -2.19. The Labute approximate surface area is 192 Å². The van der Waals surface area contributed by atoms with E-state index in [0.29, 0.717) is 25.1 Å². The minimum Gasteiger partial charge on any atom is -0.508 e. The van der Waals surface area contributed by atoms with Crippen molar-refractivity contribution < 1.29 is 9.90 Å². The molecule has 7 heteroatoms. The molecule has 0 saturated carbocycles. The van der Waals surface area contributed by atoms with E-state index in [1.807, 2.05) is 66.2 Å². The second-order valence-corrected chi connectivity index (χ2v) is 8.28. The Kier molecular flexibility index (Phi) is 6.58. The molecule has 1 unspecified atom stereocenters. The number of aromatic hydroxyl groups is 1. The summed E-state index contributed by atoms with van der Waals surface area (Å²) < 4.78 is 3.60. The van der Waals surface area contributed by atoms with Crippen LogP contribution in [0.1, 0.15) is 36.0 Å². The quantitative estimate of drug-likeness (QED) is 0.434. The van der Waals surface area contributed by atoms with Crippen molar-refractivity contribution in [3.63, 3.8) is 0 Å². The number of amides is 1. The highest BCUT2D eigenvalue weighted by molar-refractivity contribution is 5.78. The molecular formula is C26H28N4O3. The fourth-order valence-corrected chi connectivity index (χ4v) is 4.20. The van der Waals surface area contributed by atoms with Crippen molar-refractivity contribution >= 4 is 16.9 Å². The number of fused-ring (bicyclic) bond motifs is 1. The summed E-state index contributed by atoms with van der Waals surface area (Å²) >= 11 is 0. The van der Waals surface area contributed by atoms with Crippen molar-refractivity contribution in [2.24, 2.45) is 7.05 Å². The SMILES string of the molecule is Cc1cc(O)cc(=O)n1CCCC(=O)NC(Cc1ccccc1)c1nc2ccccc2n1C. The molecule has 170 valence electrons. The molecular weight excluding hydrogens is 416 g/mol. The number of aromatic nitrogens is 3. The van der Waals surface area contributed by atoms with Gasteiger partial charge in [0.05, 0.1) is 17.1 Å². The van der Waals surface area contributed by atoms with Crippen molar-refractivity contribution in [2.75, 3.05) is 0 Å². The van der Waals surface area contributed by atoms with Crippen LogP contribution in [0.4, 0.5) is 0 Å². The molecule has 0 bridgehead atoms. The smallest absolute Gasteiger partial charge is 0.254 e. The molecule has 0 saturated heterocycles. The molecule has 2 aromatic carbocycles. The maximum absolute atomic E-state index is 12.9. The Morgan fingerprint density at radius 3 is 2.55 bits per heavy atom. The molecule has 0 fully saturated rings. The number of nitrogens with zero attached hydrogens (tertiary/aromatic N) is 3. The van der Waals surface area contributed by atoms with Gasteiger partial charge in [0.15, 0.2) is 0 Å². The van der Waals surface area contributed by atoms with Crippen LogP contribution in [-0.2, 0) is 24.8 Å². The van der Waals surface area contributed by atoms with Crippen LogP contribution in [-0.4, -0.2) is 25.1 Å². The topological polar surface area (TPSA) is 89.2 Å². The van der Waals surface area contributed by atoms with Gasteiger partial charge in [0.25, 0.3) is 5.56 Å². The van der Waals surface area contributed by atoms with Gasteiger partial charge in [-0.1, -0.05) is 42.5 Å². The molecule has 2 heterocycles. The average Bonchev–Trinajstić information content (AvgIpc) is 3.12. The predicted molar refractivity (Wildman–Crippen MR) is 128 cm³/mol. The standard InChI is InChI=1S/C26H28N4O3/c1-18-15-20(31)17-25(33)30(18)14-8-13-24(32)27-22(16-19-9-4-3-5-10-19)26-28-21-11-6-7-12-23(21)29(26)2/h3-7,9-12,15,17,22,31H,8,13-14,16H2,1-2H3,(H,27,32). The summed E-state index contributed by atoms with van der Waals surface area (Å²) in [6.07, 6.45) is 1.42. The highest BCUT2D eigenvalue weighted by Crippen LogP contribution is 2.23. The molecule has 2 aromatic heterocycles. The average molecular weight is 445 g/mol. The Morgan fingerprint density at radius 1 is 1.09 bits per heavy atom. The van der Waals surface area contributed by atoms with E-state index in [1.165, 1.54) is 6.07 Å². The zero-order valence-corrected chi connectivity index (χ0v) is 18.9. The number of para-hydroxylation sites is 2. The number of aryl methyl sites for hydroxylation is 2. The number of imidazole rings is 1. The number of nitrogens with one attached hydrogen (secondary N) is 1. The maximum Gasteiger partial charge on any atom is 0.254 e. The van der Waals surface area contributed by atoms with Crippen LogP contribution in [0.5, 0.6) is 5.75 Å². The van der Waals surface area contributed by atoms with Crippen LogP contribution in [0.25, 0.3) is 11.0 Å². The molecule has 0 aliphatic carbocycles. The maximum atomic E-state index is 12.9. The van der Waals surface area contributed by atoms with Gasteiger partial charge in [0.2, 0.25) is 5.91 Å². The Balaban J connectivity index is 1.49. The fraction of sp³-hybridized carbons (Fsp3) is 0.269. The number of carbonyl (C=O) groups is 1. The molecule has 7 nitrogen and oxygen atoms in total. The molecule has 1 amide bonds. The summed E-state index contributed by atoms with van der Waals surface area (Å²) in [6, 6.07) is 20.4. The minimum atomic E-state index is -0.282. The Hall–Kier alpha value is -3.87. The monoisotopic (exact) mass is 444 g/mol. The highest BCUT2D eigenvalue weighted by Gasteiger charge is 2.21. The first-order valence-corrected chi connectivity index (χ1v) is 11.1. The second kappa shape index (κ2) is 9.73. The van der Waals surface area contributed by atoms with Crippen LogP contribution < -0.4 is 10.9 Å². The van der Waals surface area contributed by atoms with E-state index in [9.17, 15) is 14.7 Å². The third-order valence-corrected chi connectivity index (χ3v) is 5.86. The summed E-state index contributed by atoms with van der Waals surface area (Å²) in [6.45, 7) is 2.18. The third-order valence-electron chi connectivity index (χ3n) is 5.86. The van der Waals surface area contributed by atoms with Crippen LogP contribution >= 0.6 is 0 Å². The van der Waals surface area contributed by atoms with Crippen LogP contribution in [0.2, 0.25) is 0 Å². The summed E-state index contributed by atoms with van der Waals surface area (Å²) in [5, 5.41) is 12.7. The van der Waals surface area contributed by atoms with E-state index in [2.05, 4.69) is 5.32 Å².